The van der Waals surface area contributed by atoms with Crippen LogP contribution in [0.4, 0.5) is 0 Å². The first-order valence-electron chi connectivity index (χ1n) is 5.88. The molecule has 0 amide bonds. The lowest BCUT2D eigenvalue weighted by molar-refractivity contribution is -0.144. The van der Waals surface area contributed by atoms with Gasteiger partial charge in [0.15, 0.2) is 0 Å². The predicted octanol–water partition coefficient (Wildman–Crippen LogP) is 3.16. The predicted molar refractivity (Wildman–Crippen MR) is 57.0 cm³/mol. The summed E-state index contributed by atoms with van der Waals surface area (Å²) < 4.78 is 4.98. The van der Waals surface area contributed by atoms with Crippen LogP contribution in [0, 0.1) is 11.8 Å². The fraction of sp³-hybridized carbons (Fsp3) is 0.917. The van der Waals surface area contributed by atoms with E-state index in [-0.39, 0.29) is 5.97 Å². The van der Waals surface area contributed by atoms with Crippen LogP contribution in [0.15, 0.2) is 0 Å². The Kier molecular flexibility index (Phi) is 4.99. The second-order valence-corrected chi connectivity index (χ2v) is 4.50. The summed E-state index contributed by atoms with van der Waals surface area (Å²) in [6.07, 6.45) is 7.01. The highest BCUT2D eigenvalue weighted by Crippen LogP contribution is 2.29. The van der Waals surface area contributed by atoms with E-state index in [0.29, 0.717) is 18.9 Å². The topological polar surface area (TPSA) is 26.3 Å². The van der Waals surface area contributed by atoms with Gasteiger partial charge in [-0.05, 0) is 31.6 Å². The molecule has 0 aliphatic heterocycles. The summed E-state index contributed by atoms with van der Waals surface area (Å²) in [7, 11) is 0. The van der Waals surface area contributed by atoms with Crippen molar-refractivity contribution in [3.63, 3.8) is 0 Å². The van der Waals surface area contributed by atoms with Crippen molar-refractivity contribution in [3.05, 3.63) is 0 Å². The number of rotatable bonds is 3. The summed E-state index contributed by atoms with van der Waals surface area (Å²) in [6, 6.07) is 0. The molecule has 0 N–H and O–H groups in total. The van der Waals surface area contributed by atoms with Gasteiger partial charge in [0.1, 0.15) is 0 Å². The Balaban J connectivity index is 2.31. The molecule has 0 radical (unpaired) electrons. The fourth-order valence-electron chi connectivity index (χ4n) is 2.37. The lowest BCUT2D eigenvalue weighted by Crippen LogP contribution is -2.12. The van der Waals surface area contributed by atoms with Crippen molar-refractivity contribution in [1.29, 1.82) is 0 Å². The van der Waals surface area contributed by atoms with Gasteiger partial charge in [-0.25, -0.2) is 0 Å². The average molecular weight is 198 g/mol. The van der Waals surface area contributed by atoms with Gasteiger partial charge >= 0.3 is 5.97 Å². The summed E-state index contributed by atoms with van der Waals surface area (Å²) in [5, 5.41) is 0. The maximum atomic E-state index is 11.3. The van der Waals surface area contributed by atoms with E-state index in [1.165, 1.54) is 32.1 Å². The molecule has 1 rings (SSSR count). The van der Waals surface area contributed by atoms with Crippen molar-refractivity contribution in [2.75, 3.05) is 6.61 Å². The van der Waals surface area contributed by atoms with Gasteiger partial charge in [0.2, 0.25) is 0 Å². The highest BCUT2D eigenvalue weighted by Gasteiger charge is 2.20. The van der Waals surface area contributed by atoms with Crippen molar-refractivity contribution in [1.82, 2.24) is 0 Å². The largest absolute Gasteiger partial charge is 0.466 e. The van der Waals surface area contributed by atoms with Crippen LogP contribution in [-0.4, -0.2) is 12.6 Å². The molecule has 2 nitrogen and oxygen atoms in total. The molecule has 0 bridgehead atoms. The van der Waals surface area contributed by atoms with Crippen LogP contribution in [0.3, 0.4) is 0 Å². The monoisotopic (exact) mass is 198 g/mol. The molecule has 0 spiro atoms. The van der Waals surface area contributed by atoms with E-state index < -0.39 is 0 Å². The molecule has 1 fully saturated rings. The third-order valence-corrected chi connectivity index (χ3v) is 3.06. The molecule has 0 aromatic heterocycles. The van der Waals surface area contributed by atoms with Gasteiger partial charge in [0.05, 0.1) is 6.61 Å². The number of esters is 1. The SMILES string of the molecule is CCOC(=O)CC1CCCCC(C)C1. The van der Waals surface area contributed by atoms with Crippen molar-refractivity contribution in [3.8, 4) is 0 Å². The molecule has 1 saturated carbocycles. The summed E-state index contributed by atoms with van der Waals surface area (Å²) in [5.41, 5.74) is 0. The Labute approximate surface area is 87.0 Å². The van der Waals surface area contributed by atoms with E-state index >= 15 is 0 Å². The Morgan fingerprint density at radius 1 is 1.36 bits per heavy atom. The smallest absolute Gasteiger partial charge is 0.306 e. The second kappa shape index (κ2) is 6.05. The minimum Gasteiger partial charge on any atom is -0.466 e. The average Bonchev–Trinajstić information content (AvgIpc) is 2.30. The molecule has 0 aromatic carbocycles. The first-order valence-corrected chi connectivity index (χ1v) is 5.88. The molecule has 1 aliphatic carbocycles. The molecule has 82 valence electrons. The molecule has 2 unspecified atom stereocenters. The third-order valence-electron chi connectivity index (χ3n) is 3.06. The molecule has 2 heteroatoms. The van der Waals surface area contributed by atoms with Crippen molar-refractivity contribution in [2.24, 2.45) is 11.8 Å². The molecule has 0 heterocycles. The van der Waals surface area contributed by atoms with Crippen LogP contribution in [0.1, 0.15) is 52.4 Å². The minimum absolute atomic E-state index is 0.00778. The maximum absolute atomic E-state index is 11.3. The van der Waals surface area contributed by atoms with Crippen LogP contribution in [-0.2, 0) is 9.53 Å². The molecule has 0 aromatic rings. The quantitative estimate of drug-likeness (QED) is 0.514. The van der Waals surface area contributed by atoms with Gasteiger partial charge in [-0.2, -0.15) is 0 Å². The number of hydrogen-bond acceptors (Lipinski definition) is 2. The Hall–Kier alpha value is -0.530. The zero-order valence-electron chi connectivity index (χ0n) is 9.42. The van der Waals surface area contributed by atoms with Gasteiger partial charge in [0, 0.05) is 6.42 Å². The van der Waals surface area contributed by atoms with Gasteiger partial charge in [-0.1, -0.05) is 26.2 Å². The number of ether oxygens (including phenoxy) is 1. The first-order chi connectivity index (χ1) is 6.72. The van der Waals surface area contributed by atoms with E-state index in [0.717, 1.165) is 5.92 Å². The van der Waals surface area contributed by atoms with Crippen LogP contribution in [0.25, 0.3) is 0 Å². The highest BCUT2D eigenvalue weighted by molar-refractivity contribution is 5.69. The van der Waals surface area contributed by atoms with Crippen LogP contribution < -0.4 is 0 Å². The molecule has 2 atom stereocenters. The molecular weight excluding hydrogens is 176 g/mol. The number of carbonyl (C=O) groups is 1. The number of carbonyl (C=O) groups excluding carboxylic acids is 1. The third kappa shape index (κ3) is 4.12. The van der Waals surface area contributed by atoms with E-state index in [1.807, 2.05) is 6.92 Å². The second-order valence-electron chi connectivity index (χ2n) is 4.50. The highest BCUT2D eigenvalue weighted by atomic mass is 16.5. The standard InChI is InChI=1S/C12H22O2/c1-3-14-12(13)9-11-7-5-4-6-10(2)8-11/h10-11H,3-9H2,1-2H3. The minimum atomic E-state index is -0.00778. The van der Waals surface area contributed by atoms with Crippen molar-refractivity contribution < 1.29 is 9.53 Å². The lowest BCUT2D eigenvalue weighted by atomic mass is 9.92. The van der Waals surface area contributed by atoms with E-state index in [1.54, 1.807) is 0 Å². The Morgan fingerprint density at radius 2 is 2.07 bits per heavy atom. The van der Waals surface area contributed by atoms with E-state index in [9.17, 15) is 4.79 Å². The lowest BCUT2D eigenvalue weighted by Gasteiger charge is -2.15. The van der Waals surface area contributed by atoms with E-state index in [4.69, 9.17) is 4.74 Å². The Bertz CT molecular complexity index is 177. The van der Waals surface area contributed by atoms with Crippen molar-refractivity contribution in [2.45, 2.75) is 52.4 Å². The number of hydrogen-bond donors (Lipinski definition) is 0. The summed E-state index contributed by atoms with van der Waals surface area (Å²) in [6.45, 7) is 4.68. The van der Waals surface area contributed by atoms with E-state index in [2.05, 4.69) is 6.92 Å². The molecule has 1 aliphatic rings. The molecule has 0 saturated heterocycles. The van der Waals surface area contributed by atoms with Gasteiger partial charge < -0.3 is 4.74 Å². The Morgan fingerprint density at radius 3 is 2.79 bits per heavy atom. The summed E-state index contributed by atoms with van der Waals surface area (Å²) in [5.74, 6) is 1.36. The zero-order valence-corrected chi connectivity index (χ0v) is 9.42. The van der Waals surface area contributed by atoms with Gasteiger partial charge in [-0.3, -0.25) is 4.79 Å². The van der Waals surface area contributed by atoms with Crippen molar-refractivity contribution >= 4 is 5.97 Å². The van der Waals surface area contributed by atoms with Crippen LogP contribution in [0.5, 0.6) is 0 Å². The molecule has 14 heavy (non-hydrogen) atoms. The summed E-state index contributed by atoms with van der Waals surface area (Å²) >= 11 is 0. The van der Waals surface area contributed by atoms with Gasteiger partial charge in [0.25, 0.3) is 0 Å². The first kappa shape index (κ1) is 11.5. The molecular formula is C12H22O2. The van der Waals surface area contributed by atoms with Crippen LogP contribution in [0.2, 0.25) is 0 Å². The van der Waals surface area contributed by atoms with Gasteiger partial charge in [-0.15, -0.1) is 0 Å². The van der Waals surface area contributed by atoms with Crippen LogP contribution >= 0.6 is 0 Å². The summed E-state index contributed by atoms with van der Waals surface area (Å²) in [4.78, 5) is 11.3. The fourth-order valence-corrected chi connectivity index (χ4v) is 2.37. The maximum Gasteiger partial charge on any atom is 0.306 e. The zero-order chi connectivity index (χ0) is 10.4. The normalized spacial score (nSPS) is 28.1.